The van der Waals surface area contributed by atoms with Crippen molar-refractivity contribution in [1.29, 1.82) is 0 Å². The zero-order chi connectivity index (χ0) is 10.8. The monoisotopic (exact) mass is 204 g/mol. The first-order valence-electron chi connectivity index (χ1n) is 4.74. The molecule has 15 heavy (non-hydrogen) atoms. The van der Waals surface area contributed by atoms with Gasteiger partial charge >= 0.3 is 0 Å². The minimum Gasteiger partial charge on any atom is -0.383 e. The van der Waals surface area contributed by atoms with E-state index in [1.165, 1.54) is 0 Å². The number of H-pyrrole nitrogens is 2. The summed E-state index contributed by atoms with van der Waals surface area (Å²) < 4.78 is 0. The molecule has 0 aliphatic carbocycles. The molecule has 0 unspecified atom stereocenters. The first kappa shape index (κ1) is 9.51. The van der Waals surface area contributed by atoms with E-state index >= 15 is 0 Å². The Morgan fingerprint density at radius 1 is 1.53 bits per heavy atom. The second-order valence-corrected chi connectivity index (χ2v) is 3.22. The van der Waals surface area contributed by atoms with Crippen molar-refractivity contribution in [2.75, 3.05) is 5.73 Å². The van der Waals surface area contributed by atoms with Crippen molar-refractivity contribution in [2.45, 2.75) is 13.3 Å². The Balaban J connectivity index is 2.58. The van der Waals surface area contributed by atoms with Crippen molar-refractivity contribution in [3.63, 3.8) is 0 Å². The number of nitrogens with one attached hydrogen (secondary N) is 2. The van der Waals surface area contributed by atoms with Crippen LogP contribution in [0.15, 0.2) is 23.1 Å². The standard InChI is InChI=1S/C10H12N4O/c1-2-6-8(11)13-9(14-10(6)15)7-4-3-5-12-7/h3-5,12H,2H2,1H3,(H3,11,13,14,15). The topological polar surface area (TPSA) is 87.6 Å². The lowest BCUT2D eigenvalue weighted by atomic mass is 10.2. The van der Waals surface area contributed by atoms with Gasteiger partial charge in [-0.3, -0.25) is 4.79 Å². The molecule has 0 radical (unpaired) electrons. The zero-order valence-corrected chi connectivity index (χ0v) is 8.37. The number of hydrogen-bond donors (Lipinski definition) is 3. The molecule has 4 N–H and O–H groups in total. The van der Waals surface area contributed by atoms with Crippen LogP contribution < -0.4 is 11.3 Å². The molecule has 0 aliphatic heterocycles. The van der Waals surface area contributed by atoms with E-state index in [1.807, 2.05) is 19.1 Å². The highest BCUT2D eigenvalue weighted by Gasteiger charge is 2.08. The maximum atomic E-state index is 11.6. The van der Waals surface area contributed by atoms with Gasteiger partial charge in [-0.25, -0.2) is 4.98 Å². The molecule has 2 rings (SSSR count). The molecule has 5 nitrogen and oxygen atoms in total. The fourth-order valence-corrected chi connectivity index (χ4v) is 1.46. The summed E-state index contributed by atoms with van der Waals surface area (Å²) in [5.74, 6) is 0.769. The molecular formula is C10H12N4O. The van der Waals surface area contributed by atoms with Gasteiger partial charge in [0, 0.05) is 6.20 Å². The summed E-state index contributed by atoms with van der Waals surface area (Å²) in [6.45, 7) is 1.87. The lowest BCUT2D eigenvalue weighted by Crippen LogP contribution is -2.17. The average Bonchev–Trinajstić information content (AvgIpc) is 2.69. The van der Waals surface area contributed by atoms with E-state index < -0.39 is 0 Å². The highest BCUT2D eigenvalue weighted by Crippen LogP contribution is 2.12. The third-order valence-electron chi connectivity index (χ3n) is 2.25. The molecule has 0 saturated heterocycles. The average molecular weight is 204 g/mol. The van der Waals surface area contributed by atoms with Crippen LogP contribution in [0.25, 0.3) is 11.5 Å². The molecule has 2 aromatic heterocycles. The predicted octanol–water partition coefficient (Wildman–Crippen LogP) is 0.910. The van der Waals surface area contributed by atoms with Crippen molar-refractivity contribution in [3.8, 4) is 11.5 Å². The first-order valence-corrected chi connectivity index (χ1v) is 4.74. The van der Waals surface area contributed by atoms with Gasteiger partial charge in [0.1, 0.15) is 5.82 Å². The maximum Gasteiger partial charge on any atom is 0.256 e. The lowest BCUT2D eigenvalue weighted by molar-refractivity contribution is 1.01. The van der Waals surface area contributed by atoms with E-state index in [0.29, 0.717) is 23.6 Å². The third-order valence-corrected chi connectivity index (χ3v) is 2.25. The van der Waals surface area contributed by atoms with Gasteiger partial charge in [-0.2, -0.15) is 0 Å². The number of rotatable bonds is 2. The van der Waals surface area contributed by atoms with Crippen LogP contribution in [0.1, 0.15) is 12.5 Å². The summed E-state index contributed by atoms with van der Waals surface area (Å²) in [7, 11) is 0. The van der Waals surface area contributed by atoms with Crippen LogP contribution in [0.4, 0.5) is 5.82 Å². The largest absolute Gasteiger partial charge is 0.383 e. The molecular weight excluding hydrogens is 192 g/mol. The Bertz CT molecular complexity index is 513. The highest BCUT2D eigenvalue weighted by molar-refractivity contribution is 5.53. The van der Waals surface area contributed by atoms with Crippen LogP contribution >= 0.6 is 0 Å². The number of hydrogen-bond acceptors (Lipinski definition) is 3. The Morgan fingerprint density at radius 3 is 2.87 bits per heavy atom. The third kappa shape index (κ3) is 1.63. The first-order chi connectivity index (χ1) is 7.22. The van der Waals surface area contributed by atoms with Gasteiger partial charge in [-0.15, -0.1) is 0 Å². The van der Waals surface area contributed by atoms with E-state index in [9.17, 15) is 4.79 Å². The van der Waals surface area contributed by atoms with Gasteiger partial charge in [-0.05, 0) is 18.6 Å². The van der Waals surface area contributed by atoms with E-state index in [0.717, 1.165) is 5.69 Å². The van der Waals surface area contributed by atoms with Crippen LogP contribution in [0, 0.1) is 0 Å². The van der Waals surface area contributed by atoms with Crippen LogP contribution in [0.2, 0.25) is 0 Å². The van der Waals surface area contributed by atoms with Crippen molar-refractivity contribution in [3.05, 3.63) is 34.2 Å². The van der Waals surface area contributed by atoms with Gasteiger partial charge in [0.2, 0.25) is 0 Å². The molecule has 0 atom stereocenters. The molecule has 2 aromatic rings. The summed E-state index contributed by atoms with van der Waals surface area (Å²) in [6, 6.07) is 3.66. The Hall–Kier alpha value is -2.04. The number of nitrogens with two attached hydrogens (primary N) is 1. The Labute approximate surface area is 86.4 Å². The summed E-state index contributed by atoms with van der Waals surface area (Å²) in [6.07, 6.45) is 2.35. The lowest BCUT2D eigenvalue weighted by Gasteiger charge is -2.03. The second kappa shape index (κ2) is 3.61. The molecule has 0 saturated carbocycles. The Morgan fingerprint density at radius 2 is 2.33 bits per heavy atom. The molecule has 0 aromatic carbocycles. The number of anilines is 1. The highest BCUT2D eigenvalue weighted by atomic mass is 16.1. The van der Waals surface area contributed by atoms with Crippen LogP contribution in [-0.2, 0) is 6.42 Å². The molecule has 0 amide bonds. The van der Waals surface area contributed by atoms with Gasteiger partial charge in [-0.1, -0.05) is 6.92 Å². The van der Waals surface area contributed by atoms with Crippen molar-refractivity contribution in [2.24, 2.45) is 0 Å². The zero-order valence-electron chi connectivity index (χ0n) is 8.37. The minimum absolute atomic E-state index is 0.172. The molecule has 0 spiro atoms. The van der Waals surface area contributed by atoms with Crippen molar-refractivity contribution in [1.82, 2.24) is 15.0 Å². The molecule has 0 fully saturated rings. The predicted molar refractivity (Wildman–Crippen MR) is 58.4 cm³/mol. The normalized spacial score (nSPS) is 10.5. The SMILES string of the molecule is CCc1c(N)nc(-c2ccc[nH]2)[nH]c1=O. The van der Waals surface area contributed by atoms with Gasteiger partial charge in [0.25, 0.3) is 5.56 Å². The number of nitrogen functional groups attached to an aromatic ring is 1. The van der Waals surface area contributed by atoms with Crippen molar-refractivity contribution < 1.29 is 0 Å². The van der Waals surface area contributed by atoms with Gasteiger partial charge in [0.15, 0.2) is 5.82 Å². The van der Waals surface area contributed by atoms with E-state index in [1.54, 1.807) is 6.20 Å². The number of aromatic amines is 2. The molecule has 78 valence electrons. The second-order valence-electron chi connectivity index (χ2n) is 3.22. The van der Waals surface area contributed by atoms with E-state index in [2.05, 4.69) is 15.0 Å². The van der Waals surface area contributed by atoms with Crippen molar-refractivity contribution >= 4 is 5.82 Å². The van der Waals surface area contributed by atoms with Crippen LogP contribution in [-0.4, -0.2) is 15.0 Å². The molecule has 0 aliphatic rings. The van der Waals surface area contributed by atoms with Gasteiger partial charge in [0.05, 0.1) is 11.3 Å². The molecule has 5 heteroatoms. The minimum atomic E-state index is -0.172. The summed E-state index contributed by atoms with van der Waals surface area (Å²) in [4.78, 5) is 21.4. The summed E-state index contributed by atoms with van der Waals surface area (Å²) >= 11 is 0. The van der Waals surface area contributed by atoms with Crippen LogP contribution in [0.3, 0.4) is 0 Å². The van der Waals surface area contributed by atoms with E-state index in [-0.39, 0.29) is 5.56 Å². The molecule has 2 heterocycles. The number of aromatic nitrogens is 3. The smallest absolute Gasteiger partial charge is 0.256 e. The quantitative estimate of drug-likeness (QED) is 0.679. The Kier molecular flexibility index (Phi) is 2.29. The van der Waals surface area contributed by atoms with Gasteiger partial charge < -0.3 is 15.7 Å². The fourth-order valence-electron chi connectivity index (χ4n) is 1.46. The van der Waals surface area contributed by atoms with Crippen LogP contribution in [0.5, 0.6) is 0 Å². The summed E-state index contributed by atoms with van der Waals surface area (Å²) in [5, 5.41) is 0. The maximum absolute atomic E-state index is 11.6. The van der Waals surface area contributed by atoms with E-state index in [4.69, 9.17) is 5.73 Å². The number of nitrogens with zero attached hydrogens (tertiary/aromatic N) is 1. The fraction of sp³-hybridized carbons (Fsp3) is 0.200. The molecule has 0 bridgehead atoms. The summed E-state index contributed by atoms with van der Waals surface area (Å²) in [5.41, 5.74) is 6.81.